The smallest absolute Gasteiger partial charge is 0.0806 e. The molecule has 0 saturated carbocycles. The van der Waals surface area contributed by atoms with Crippen LogP contribution in [-0.2, 0) is 0 Å². The third-order valence-corrected chi connectivity index (χ3v) is 5.92. The molecule has 3 rings (SSSR count). The van der Waals surface area contributed by atoms with Crippen LogP contribution in [0.25, 0.3) is 0 Å². The zero-order chi connectivity index (χ0) is 20.5. The van der Waals surface area contributed by atoms with Crippen molar-refractivity contribution < 1.29 is 0 Å². The van der Waals surface area contributed by atoms with Crippen molar-refractivity contribution in [2.75, 3.05) is 28.2 Å². The number of likely N-dealkylation sites (N-methyl/N-ethyl adjacent to an activating group) is 2. The topological polar surface area (TPSA) is 21.8 Å². The zero-order valence-electron chi connectivity index (χ0n) is 18.4. The fourth-order valence-electron chi connectivity index (χ4n) is 4.65. The molecule has 1 N–H and O–H groups in total. The van der Waals surface area contributed by atoms with Gasteiger partial charge < -0.3 is 0 Å². The molecule has 0 unspecified atom stereocenters. The first-order valence-corrected chi connectivity index (χ1v) is 10.2. The van der Waals surface area contributed by atoms with Crippen molar-refractivity contribution in [3.8, 4) is 0 Å². The van der Waals surface area contributed by atoms with Crippen LogP contribution >= 0.6 is 0 Å². The van der Waals surface area contributed by atoms with E-state index in [2.05, 4.69) is 130 Å². The Balaban J connectivity index is 2.08. The Morgan fingerprint density at radius 1 is 0.786 bits per heavy atom. The van der Waals surface area contributed by atoms with E-state index in [0.29, 0.717) is 12.1 Å². The maximum Gasteiger partial charge on any atom is 0.0806 e. The molecule has 0 amide bonds. The molecule has 0 bridgehead atoms. The average molecular weight is 381 g/mol. The van der Waals surface area contributed by atoms with Crippen LogP contribution < -0.4 is 5.43 Å². The van der Waals surface area contributed by atoms with Gasteiger partial charge in [-0.25, -0.2) is 5.43 Å². The summed E-state index contributed by atoms with van der Waals surface area (Å²) in [5, 5.41) is 2.09. The number of nitrogens with zero attached hydrogens (tertiary/aromatic N) is 3. The van der Waals surface area contributed by atoms with Gasteiger partial charge in [-0.15, -0.1) is 0 Å². The Morgan fingerprint density at radius 2 is 1.18 bits per heavy atom. The largest absolute Gasteiger partial charge is 0.281 e. The van der Waals surface area contributed by atoms with Gasteiger partial charge >= 0.3 is 0 Å². The molecule has 1 aliphatic heterocycles. The molecule has 1 aliphatic rings. The third-order valence-electron chi connectivity index (χ3n) is 5.92. The summed E-state index contributed by atoms with van der Waals surface area (Å²) in [6.45, 7) is 6.97. The highest BCUT2D eigenvalue weighted by Crippen LogP contribution is 2.47. The minimum atomic E-state index is 0.101. The van der Waals surface area contributed by atoms with Gasteiger partial charge in [0, 0.05) is 14.1 Å². The second-order valence-electron chi connectivity index (χ2n) is 9.32. The van der Waals surface area contributed by atoms with E-state index in [1.807, 2.05) is 0 Å². The lowest BCUT2D eigenvalue weighted by molar-refractivity contribution is 0.0261. The maximum absolute atomic E-state index is 3.72. The van der Waals surface area contributed by atoms with E-state index in [1.54, 1.807) is 0 Å². The Hall–Kier alpha value is -1.72. The van der Waals surface area contributed by atoms with E-state index in [1.165, 1.54) is 11.1 Å². The monoisotopic (exact) mass is 380 g/mol. The summed E-state index contributed by atoms with van der Waals surface area (Å²) < 4.78 is 0. The number of hydrazine groups is 1. The summed E-state index contributed by atoms with van der Waals surface area (Å²) in [7, 11) is 8.71. The van der Waals surface area contributed by atoms with Gasteiger partial charge in [-0.1, -0.05) is 81.4 Å². The molecule has 28 heavy (non-hydrogen) atoms. The quantitative estimate of drug-likeness (QED) is 0.787. The molecule has 2 aromatic rings. The number of benzene rings is 2. The number of rotatable bonds is 5. The average Bonchev–Trinajstić information content (AvgIpc) is 2.90. The minimum absolute atomic E-state index is 0.101. The summed E-state index contributed by atoms with van der Waals surface area (Å²) in [5.74, 6) is 0. The first-order valence-electron chi connectivity index (χ1n) is 10.2. The Kier molecular flexibility index (Phi) is 6.25. The second-order valence-corrected chi connectivity index (χ2v) is 9.32. The number of hydrogen-bond donors (Lipinski definition) is 1. The summed E-state index contributed by atoms with van der Waals surface area (Å²) in [6.07, 6.45) is 0.262. The molecule has 2 aromatic carbocycles. The van der Waals surface area contributed by atoms with Crippen LogP contribution in [-0.4, -0.2) is 55.2 Å². The summed E-state index contributed by atoms with van der Waals surface area (Å²) in [4.78, 5) is 5.11. The molecule has 0 spiro atoms. The molecule has 1 fully saturated rings. The highest BCUT2D eigenvalue weighted by atomic mass is 15.5. The van der Waals surface area contributed by atoms with Gasteiger partial charge in [0.15, 0.2) is 0 Å². The molecule has 1 saturated heterocycles. The van der Waals surface area contributed by atoms with Gasteiger partial charge in [0.2, 0.25) is 0 Å². The van der Waals surface area contributed by atoms with Crippen LogP contribution in [0.5, 0.6) is 0 Å². The van der Waals surface area contributed by atoms with Gasteiger partial charge in [-0.2, -0.15) is 0 Å². The van der Waals surface area contributed by atoms with E-state index >= 15 is 0 Å². The van der Waals surface area contributed by atoms with E-state index in [0.717, 1.165) is 0 Å². The Morgan fingerprint density at radius 3 is 1.50 bits per heavy atom. The third kappa shape index (κ3) is 4.15. The molecule has 0 aromatic heterocycles. The molecule has 0 aliphatic carbocycles. The van der Waals surface area contributed by atoms with Crippen molar-refractivity contribution in [1.82, 2.24) is 20.2 Å². The summed E-state index contributed by atoms with van der Waals surface area (Å²) >= 11 is 0. The molecule has 1 heterocycles. The predicted molar refractivity (Wildman–Crippen MR) is 118 cm³/mol. The summed E-state index contributed by atoms with van der Waals surface area (Å²) in [6, 6.07) is 22.7. The van der Waals surface area contributed by atoms with Crippen LogP contribution in [0.1, 0.15) is 44.0 Å². The van der Waals surface area contributed by atoms with Crippen molar-refractivity contribution in [2.45, 2.75) is 45.1 Å². The van der Waals surface area contributed by atoms with Crippen molar-refractivity contribution in [3.63, 3.8) is 0 Å². The van der Waals surface area contributed by atoms with Crippen molar-refractivity contribution in [2.24, 2.45) is 5.41 Å². The normalized spacial score (nSPS) is 23.4. The highest BCUT2D eigenvalue weighted by molar-refractivity contribution is 5.30. The molecule has 152 valence electrons. The van der Waals surface area contributed by atoms with Gasteiger partial charge in [0.05, 0.1) is 24.3 Å². The van der Waals surface area contributed by atoms with E-state index in [9.17, 15) is 0 Å². The SMILES string of the molecule is CN(C)N[C@H](C1N(C)[C@@H](c2ccccc2)[C@H](c2ccccc2)N1C)C(C)(C)C. The van der Waals surface area contributed by atoms with Gasteiger partial charge in [-0.3, -0.25) is 14.8 Å². The number of nitrogens with one attached hydrogen (secondary N) is 1. The molecule has 3 atom stereocenters. The van der Waals surface area contributed by atoms with Crippen molar-refractivity contribution in [1.29, 1.82) is 0 Å². The maximum atomic E-state index is 3.72. The molecule has 4 nitrogen and oxygen atoms in total. The Labute approximate surface area is 171 Å². The lowest BCUT2D eigenvalue weighted by Crippen LogP contribution is -2.60. The molecular weight excluding hydrogens is 344 g/mol. The lowest BCUT2D eigenvalue weighted by Gasteiger charge is -2.43. The molecule has 4 heteroatoms. The Bertz CT molecular complexity index is 687. The van der Waals surface area contributed by atoms with Crippen LogP contribution in [0.3, 0.4) is 0 Å². The lowest BCUT2D eigenvalue weighted by atomic mass is 9.84. The van der Waals surface area contributed by atoms with E-state index in [4.69, 9.17) is 0 Å². The van der Waals surface area contributed by atoms with E-state index in [-0.39, 0.29) is 17.6 Å². The standard InChI is InChI=1S/C24H36N4/c1-24(2,3)22(25-26(4)5)23-27(6)20(18-14-10-8-11-15-18)21(28(23)7)19-16-12-9-13-17-19/h8-17,20-23,25H,1-7H3/t20-,21-,22+/m0/s1. The molecule has 0 radical (unpaired) electrons. The van der Waals surface area contributed by atoms with E-state index < -0.39 is 0 Å². The van der Waals surface area contributed by atoms with Crippen molar-refractivity contribution >= 4 is 0 Å². The highest BCUT2D eigenvalue weighted by Gasteiger charge is 2.50. The van der Waals surface area contributed by atoms with Gasteiger partial charge in [0.25, 0.3) is 0 Å². The first kappa shape index (κ1) is 21.0. The van der Waals surface area contributed by atoms with Crippen LogP contribution in [0.4, 0.5) is 0 Å². The zero-order valence-corrected chi connectivity index (χ0v) is 18.4. The fraction of sp³-hybridized carbons (Fsp3) is 0.500. The van der Waals surface area contributed by atoms with Crippen LogP contribution in [0, 0.1) is 5.41 Å². The predicted octanol–water partition coefficient (Wildman–Crippen LogP) is 4.15. The molecular formula is C24H36N4. The minimum Gasteiger partial charge on any atom is -0.281 e. The number of hydrogen-bond acceptors (Lipinski definition) is 4. The van der Waals surface area contributed by atoms with Gasteiger partial charge in [0.1, 0.15) is 0 Å². The second kappa shape index (κ2) is 8.34. The van der Waals surface area contributed by atoms with Gasteiger partial charge in [-0.05, 0) is 30.6 Å². The first-order chi connectivity index (χ1) is 13.2. The van der Waals surface area contributed by atoms with Crippen LogP contribution in [0.15, 0.2) is 60.7 Å². The summed E-state index contributed by atoms with van der Waals surface area (Å²) in [5.41, 5.74) is 6.55. The fourth-order valence-corrected chi connectivity index (χ4v) is 4.65. The van der Waals surface area contributed by atoms with Crippen molar-refractivity contribution in [3.05, 3.63) is 71.8 Å². The van der Waals surface area contributed by atoms with Crippen LogP contribution in [0.2, 0.25) is 0 Å².